The van der Waals surface area contributed by atoms with E-state index < -0.39 is 0 Å². The molecule has 100 valence electrons. The molecule has 1 atom stereocenters. The molecule has 0 aromatic carbocycles. The third-order valence-electron chi connectivity index (χ3n) is 3.42. The third-order valence-corrected chi connectivity index (χ3v) is 3.42. The minimum absolute atomic E-state index is 0.119. The Hall–Kier alpha value is -0.610. The highest BCUT2D eigenvalue weighted by atomic mass is 16.5. The Balaban J connectivity index is 2.33. The maximum Gasteiger partial charge on any atom is 0.251 e. The number of piperidine rings is 1. The van der Waals surface area contributed by atoms with Gasteiger partial charge in [0.05, 0.1) is 0 Å². The van der Waals surface area contributed by atoms with Gasteiger partial charge >= 0.3 is 0 Å². The number of rotatable bonds is 6. The van der Waals surface area contributed by atoms with Crippen molar-refractivity contribution in [2.24, 2.45) is 0 Å². The quantitative estimate of drug-likeness (QED) is 0.716. The number of hydrogen-bond donors (Lipinski definition) is 1. The summed E-state index contributed by atoms with van der Waals surface area (Å²) < 4.78 is 5.55. The fourth-order valence-electron chi connectivity index (χ4n) is 2.14. The Morgan fingerprint density at radius 1 is 1.47 bits per heavy atom. The van der Waals surface area contributed by atoms with Gasteiger partial charge in [0, 0.05) is 19.7 Å². The number of nitrogens with zero attached hydrogens (tertiary/aromatic N) is 1. The number of carbonyl (C=O) groups is 1. The van der Waals surface area contributed by atoms with Crippen molar-refractivity contribution >= 4 is 5.91 Å². The van der Waals surface area contributed by atoms with Crippen LogP contribution in [0.15, 0.2) is 0 Å². The fourth-order valence-corrected chi connectivity index (χ4v) is 2.14. The standard InChI is InChI=1S/C13H26N2O2/c1-4-5-10-17-11(2)13(16)15(3)12-6-8-14-9-7-12/h11-12,14H,4-10H2,1-3H3. The molecule has 0 aromatic rings. The molecular formula is C13H26N2O2. The molecule has 1 unspecified atom stereocenters. The number of likely N-dealkylation sites (N-methyl/N-ethyl adjacent to an activating group) is 1. The number of unbranched alkanes of at least 4 members (excludes halogenated alkanes) is 1. The van der Waals surface area contributed by atoms with Gasteiger partial charge in [-0.2, -0.15) is 0 Å². The van der Waals surface area contributed by atoms with E-state index in [0.717, 1.165) is 38.8 Å². The average molecular weight is 242 g/mol. The summed E-state index contributed by atoms with van der Waals surface area (Å²) in [5.74, 6) is 0.119. The predicted molar refractivity (Wildman–Crippen MR) is 69.0 cm³/mol. The van der Waals surface area contributed by atoms with E-state index in [9.17, 15) is 4.79 Å². The first-order valence-corrected chi connectivity index (χ1v) is 6.75. The number of amides is 1. The Labute approximate surface area is 105 Å². The molecule has 0 spiro atoms. The van der Waals surface area contributed by atoms with E-state index in [0.29, 0.717) is 12.6 Å². The zero-order valence-electron chi connectivity index (χ0n) is 11.4. The zero-order chi connectivity index (χ0) is 12.7. The summed E-state index contributed by atoms with van der Waals surface area (Å²) in [4.78, 5) is 14.0. The minimum atomic E-state index is -0.304. The topological polar surface area (TPSA) is 41.6 Å². The summed E-state index contributed by atoms with van der Waals surface area (Å²) in [6.45, 7) is 6.68. The van der Waals surface area contributed by atoms with Crippen LogP contribution < -0.4 is 5.32 Å². The first kappa shape index (κ1) is 14.5. The maximum atomic E-state index is 12.1. The van der Waals surface area contributed by atoms with Gasteiger partial charge in [-0.25, -0.2) is 0 Å². The van der Waals surface area contributed by atoms with Crippen LogP contribution in [0.25, 0.3) is 0 Å². The van der Waals surface area contributed by atoms with Gasteiger partial charge in [-0.05, 0) is 39.3 Å². The summed E-state index contributed by atoms with van der Waals surface area (Å²) in [6, 6.07) is 0.376. The van der Waals surface area contributed by atoms with Gasteiger partial charge in [0.25, 0.3) is 5.91 Å². The van der Waals surface area contributed by atoms with Crippen molar-refractivity contribution in [3.8, 4) is 0 Å². The van der Waals surface area contributed by atoms with Crippen LogP contribution in [0.4, 0.5) is 0 Å². The third kappa shape index (κ3) is 4.64. The first-order chi connectivity index (χ1) is 8.16. The highest BCUT2D eigenvalue weighted by Crippen LogP contribution is 2.12. The minimum Gasteiger partial charge on any atom is -0.369 e. The van der Waals surface area contributed by atoms with E-state index in [2.05, 4.69) is 12.2 Å². The summed E-state index contributed by atoms with van der Waals surface area (Å²) in [5.41, 5.74) is 0. The highest BCUT2D eigenvalue weighted by molar-refractivity contribution is 5.80. The van der Waals surface area contributed by atoms with Gasteiger partial charge in [0.15, 0.2) is 0 Å². The highest BCUT2D eigenvalue weighted by Gasteiger charge is 2.25. The van der Waals surface area contributed by atoms with Crippen LogP contribution in [-0.4, -0.2) is 49.7 Å². The van der Waals surface area contributed by atoms with E-state index in [1.165, 1.54) is 0 Å². The van der Waals surface area contributed by atoms with Crippen LogP contribution >= 0.6 is 0 Å². The lowest BCUT2D eigenvalue weighted by Crippen LogP contribution is -2.47. The molecule has 4 nitrogen and oxygen atoms in total. The molecule has 1 N–H and O–H groups in total. The number of ether oxygens (including phenoxy) is 1. The molecule has 1 amide bonds. The average Bonchev–Trinajstić information content (AvgIpc) is 2.38. The molecular weight excluding hydrogens is 216 g/mol. The molecule has 17 heavy (non-hydrogen) atoms. The second kappa shape index (κ2) is 7.67. The second-order valence-electron chi connectivity index (χ2n) is 4.80. The monoisotopic (exact) mass is 242 g/mol. The fraction of sp³-hybridized carbons (Fsp3) is 0.923. The van der Waals surface area contributed by atoms with Gasteiger partial charge in [0.2, 0.25) is 0 Å². The van der Waals surface area contributed by atoms with Gasteiger partial charge in [-0.3, -0.25) is 4.79 Å². The summed E-state index contributed by atoms with van der Waals surface area (Å²) in [7, 11) is 1.90. The second-order valence-corrected chi connectivity index (χ2v) is 4.80. The van der Waals surface area contributed by atoms with Crippen LogP contribution in [0.5, 0.6) is 0 Å². The number of hydrogen-bond acceptors (Lipinski definition) is 3. The van der Waals surface area contributed by atoms with E-state index in [1.54, 1.807) is 0 Å². The van der Waals surface area contributed by atoms with Crippen molar-refractivity contribution in [2.45, 2.75) is 51.7 Å². The van der Waals surface area contributed by atoms with Crippen LogP contribution in [-0.2, 0) is 9.53 Å². The number of carbonyl (C=O) groups excluding carboxylic acids is 1. The normalized spacial score (nSPS) is 19.0. The van der Waals surface area contributed by atoms with Crippen molar-refractivity contribution in [3.63, 3.8) is 0 Å². The molecule has 0 saturated carbocycles. The molecule has 0 bridgehead atoms. The molecule has 4 heteroatoms. The Morgan fingerprint density at radius 2 is 2.12 bits per heavy atom. The molecule has 0 aliphatic carbocycles. The van der Waals surface area contributed by atoms with E-state index in [4.69, 9.17) is 4.74 Å². The summed E-state index contributed by atoms with van der Waals surface area (Å²) in [6.07, 6.45) is 3.91. The molecule has 0 aromatic heterocycles. The Kier molecular flexibility index (Phi) is 6.52. The summed E-state index contributed by atoms with van der Waals surface area (Å²) in [5, 5.41) is 3.31. The molecule has 1 saturated heterocycles. The lowest BCUT2D eigenvalue weighted by Gasteiger charge is -2.33. The van der Waals surface area contributed by atoms with Crippen molar-refractivity contribution in [3.05, 3.63) is 0 Å². The molecule has 1 aliphatic rings. The van der Waals surface area contributed by atoms with Crippen molar-refractivity contribution in [1.29, 1.82) is 0 Å². The Morgan fingerprint density at radius 3 is 2.71 bits per heavy atom. The predicted octanol–water partition coefficient (Wildman–Crippen LogP) is 1.40. The Bertz CT molecular complexity index is 227. The molecule has 0 radical (unpaired) electrons. The van der Waals surface area contributed by atoms with Crippen LogP contribution in [0.2, 0.25) is 0 Å². The van der Waals surface area contributed by atoms with E-state index >= 15 is 0 Å². The van der Waals surface area contributed by atoms with E-state index in [1.807, 2.05) is 18.9 Å². The van der Waals surface area contributed by atoms with Gasteiger partial charge in [-0.15, -0.1) is 0 Å². The largest absolute Gasteiger partial charge is 0.369 e. The smallest absolute Gasteiger partial charge is 0.251 e. The zero-order valence-corrected chi connectivity index (χ0v) is 11.4. The molecule has 1 aliphatic heterocycles. The van der Waals surface area contributed by atoms with Crippen LogP contribution in [0, 0.1) is 0 Å². The first-order valence-electron chi connectivity index (χ1n) is 6.75. The lowest BCUT2D eigenvalue weighted by molar-refractivity contribution is -0.144. The van der Waals surface area contributed by atoms with Crippen molar-refractivity contribution in [1.82, 2.24) is 10.2 Å². The van der Waals surface area contributed by atoms with Gasteiger partial charge in [-0.1, -0.05) is 13.3 Å². The van der Waals surface area contributed by atoms with Crippen LogP contribution in [0.3, 0.4) is 0 Å². The van der Waals surface area contributed by atoms with Gasteiger partial charge < -0.3 is 15.0 Å². The van der Waals surface area contributed by atoms with Crippen molar-refractivity contribution in [2.75, 3.05) is 26.7 Å². The summed E-state index contributed by atoms with van der Waals surface area (Å²) >= 11 is 0. The number of nitrogens with one attached hydrogen (secondary N) is 1. The maximum absolute atomic E-state index is 12.1. The lowest BCUT2D eigenvalue weighted by atomic mass is 10.0. The molecule has 1 heterocycles. The molecule has 1 rings (SSSR count). The molecule has 1 fully saturated rings. The van der Waals surface area contributed by atoms with Gasteiger partial charge in [0.1, 0.15) is 6.10 Å². The SMILES string of the molecule is CCCCOC(C)C(=O)N(C)C1CCNCC1. The van der Waals surface area contributed by atoms with E-state index in [-0.39, 0.29) is 12.0 Å². The van der Waals surface area contributed by atoms with Crippen molar-refractivity contribution < 1.29 is 9.53 Å². The van der Waals surface area contributed by atoms with Crippen LogP contribution in [0.1, 0.15) is 39.5 Å².